The van der Waals surface area contributed by atoms with Gasteiger partial charge in [-0.3, -0.25) is 9.88 Å². The van der Waals surface area contributed by atoms with Crippen molar-refractivity contribution in [3.05, 3.63) is 59.9 Å². The van der Waals surface area contributed by atoms with E-state index in [1.165, 1.54) is 31.2 Å². The minimum Gasteiger partial charge on any atom is -0.365 e. The number of nitrogens with zero attached hydrogens (tertiary/aromatic N) is 6. The second-order valence-corrected chi connectivity index (χ2v) is 10.4. The van der Waals surface area contributed by atoms with Crippen molar-refractivity contribution in [2.75, 3.05) is 36.4 Å². The number of aromatic nitrogens is 4. The van der Waals surface area contributed by atoms with Gasteiger partial charge >= 0.3 is 0 Å². The highest BCUT2D eigenvalue weighted by molar-refractivity contribution is 7.20. The molecule has 0 spiro atoms. The number of aryl methyl sites for hydroxylation is 1. The summed E-state index contributed by atoms with van der Waals surface area (Å²) in [5.41, 5.74) is 4.55. The monoisotopic (exact) mass is 473 g/mol. The quantitative estimate of drug-likeness (QED) is 0.432. The van der Waals surface area contributed by atoms with Crippen LogP contribution in [0.15, 0.2) is 48.7 Å². The zero-order valence-corrected chi connectivity index (χ0v) is 20.5. The van der Waals surface area contributed by atoms with Gasteiger partial charge in [-0.05, 0) is 38.0 Å². The molecular formula is C26H31N7S. The van der Waals surface area contributed by atoms with Gasteiger partial charge in [0.15, 0.2) is 5.82 Å². The summed E-state index contributed by atoms with van der Waals surface area (Å²) in [6.45, 7) is 7.01. The number of anilines is 2. The normalized spacial score (nSPS) is 17.6. The number of pyridine rings is 1. The van der Waals surface area contributed by atoms with Crippen LogP contribution >= 0.6 is 11.3 Å². The lowest BCUT2D eigenvalue weighted by Gasteiger charge is -2.34. The molecule has 4 heterocycles. The summed E-state index contributed by atoms with van der Waals surface area (Å²) in [7, 11) is 0. The van der Waals surface area contributed by atoms with E-state index in [-0.39, 0.29) is 0 Å². The molecule has 1 aliphatic carbocycles. The van der Waals surface area contributed by atoms with E-state index in [1.54, 1.807) is 11.3 Å². The average Bonchev–Trinajstić information content (AvgIpc) is 3.59. The Bertz CT molecular complexity index is 1250. The number of nitrogens with one attached hydrogen (secondary N) is 1. The van der Waals surface area contributed by atoms with Crippen LogP contribution in [0.25, 0.3) is 16.2 Å². The fourth-order valence-corrected chi connectivity index (χ4v) is 6.02. The summed E-state index contributed by atoms with van der Waals surface area (Å²) in [6.07, 6.45) is 6.90. The van der Waals surface area contributed by atoms with Crippen LogP contribution in [0.3, 0.4) is 0 Å². The third-order valence-electron chi connectivity index (χ3n) is 6.93. The molecule has 0 unspecified atom stereocenters. The van der Waals surface area contributed by atoms with Crippen LogP contribution in [-0.4, -0.2) is 56.7 Å². The topological polar surface area (TPSA) is 61.6 Å². The molecule has 1 saturated carbocycles. The zero-order chi connectivity index (χ0) is 22.9. The van der Waals surface area contributed by atoms with Gasteiger partial charge in [-0.25, -0.2) is 4.98 Å². The molecular weight excluding hydrogens is 442 g/mol. The first-order valence-electron chi connectivity index (χ1n) is 12.3. The van der Waals surface area contributed by atoms with E-state index in [9.17, 15) is 0 Å². The molecule has 4 aromatic rings. The molecule has 34 heavy (non-hydrogen) atoms. The number of benzene rings is 1. The molecule has 8 heteroatoms. The summed E-state index contributed by atoms with van der Waals surface area (Å²) < 4.78 is 2.05. The third-order valence-corrected chi connectivity index (χ3v) is 7.90. The van der Waals surface area contributed by atoms with E-state index in [4.69, 9.17) is 10.1 Å². The van der Waals surface area contributed by atoms with Crippen molar-refractivity contribution >= 4 is 27.2 Å². The van der Waals surface area contributed by atoms with Crippen LogP contribution in [0.5, 0.6) is 0 Å². The first-order valence-corrected chi connectivity index (χ1v) is 13.1. The summed E-state index contributed by atoms with van der Waals surface area (Å²) in [6, 6.07) is 15.3. The van der Waals surface area contributed by atoms with Crippen molar-refractivity contribution in [2.24, 2.45) is 0 Å². The van der Waals surface area contributed by atoms with Crippen LogP contribution < -0.4 is 10.2 Å². The molecule has 1 N–H and O–H groups in total. The molecule has 2 fully saturated rings. The Morgan fingerprint density at radius 1 is 1.03 bits per heavy atom. The standard InChI is InChI=1S/C26H31N7S/c1-19-7-6-8-20(17-19)23-24(28-21-9-2-3-10-21)33-25(29-23)34-26(30-33)32-15-13-31(14-16-32)18-22-11-4-5-12-27-22/h4-8,11-12,17,21,28H,2-3,9-10,13-16,18H2,1H3. The minimum atomic E-state index is 0.503. The van der Waals surface area contributed by atoms with Crippen LogP contribution in [0, 0.1) is 6.92 Å². The highest BCUT2D eigenvalue weighted by Gasteiger charge is 2.25. The van der Waals surface area contributed by atoms with Crippen LogP contribution in [0.2, 0.25) is 0 Å². The van der Waals surface area contributed by atoms with E-state index in [2.05, 4.69) is 67.9 Å². The van der Waals surface area contributed by atoms with Crippen LogP contribution in [0.4, 0.5) is 10.9 Å². The van der Waals surface area contributed by atoms with Gasteiger partial charge in [-0.2, -0.15) is 4.52 Å². The molecule has 7 nitrogen and oxygen atoms in total. The summed E-state index contributed by atoms with van der Waals surface area (Å²) in [5.74, 6) is 1.05. The van der Waals surface area contributed by atoms with Crippen LogP contribution in [-0.2, 0) is 6.54 Å². The number of fused-ring (bicyclic) bond motifs is 1. The molecule has 6 rings (SSSR count). The Morgan fingerprint density at radius 3 is 2.65 bits per heavy atom. The second kappa shape index (κ2) is 9.35. The van der Waals surface area contributed by atoms with Gasteiger partial charge in [0, 0.05) is 50.5 Å². The predicted molar refractivity (Wildman–Crippen MR) is 139 cm³/mol. The largest absolute Gasteiger partial charge is 0.365 e. The SMILES string of the molecule is Cc1cccc(-c2nc3sc(N4CCN(Cc5ccccn5)CC4)nn3c2NC2CCCC2)c1. The van der Waals surface area contributed by atoms with Crippen molar-refractivity contribution in [2.45, 2.75) is 45.2 Å². The van der Waals surface area contributed by atoms with Gasteiger partial charge in [-0.15, -0.1) is 5.10 Å². The van der Waals surface area contributed by atoms with Gasteiger partial charge in [0.2, 0.25) is 10.1 Å². The molecule has 176 valence electrons. The Morgan fingerprint density at radius 2 is 1.88 bits per heavy atom. The molecule has 0 amide bonds. The van der Waals surface area contributed by atoms with Gasteiger partial charge in [-0.1, -0.05) is 54.0 Å². The Labute approximate surface area is 204 Å². The smallest absolute Gasteiger partial charge is 0.216 e. The fraction of sp³-hybridized carbons (Fsp3) is 0.423. The fourth-order valence-electron chi connectivity index (χ4n) is 5.07. The Hall–Kier alpha value is -2.97. The number of piperazine rings is 1. The van der Waals surface area contributed by atoms with E-state index < -0.39 is 0 Å². The molecule has 2 aliphatic rings. The van der Waals surface area contributed by atoms with Gasteiger partial charge < -0.3 is 10.2 Å². The number of imidazole rings is 1. The average molecular weight is 474 g/mol. The molecule has 1 saturated heterocycles. The first kappa shape index (κ1) is 21.6. The van der Waals surface area contributed by atoms with Gasteiger partial charge in [0.05, 0.1) is 5.69 Å². The number of rotatable bonds is 6. The highest BCUT2D eigenvalue weighted by atomic mass is 32.1. The van der Waals surface area contributed by atoms with Gasteiger partial charge in [0.1, 0.15) is 5.69 Å². The first-order chi connectivity index (χ1) is 16.7. The molecule has 1 aliphatic heterocycles. The summed E-state index contributed by atoms with van der Waals surface area (Å²) in [4.78, 5) is 15.4. The van der Waals surface area contributed by atoms with E-state index in [0.717, 1.165) is 65.6 Å². The predicted octanol–water partition coefficient (Wildman–Crippen LogP) is 4.84. The maximum Gasteiger partial charge on any atom is 0.216 e. The maximum atomic E-state index is 5.06. The lowest BCUT2D eigenvalue weighted by atomic mass is 10.1. The minimum absolute atomic E-state index is 0.503. The lowest BCUT2D eigenvalue weighted by molar-refractivity contribution is 0.247. The second-order valence-electron chi connectivity index (χ2n) is 9.47. The highest BCUT2D eigenvalue weighted by Crippen LogP contribution is 2.35. The van der Waals surface area contributed by atoms with Crippen molar-refractivity contribution in [1.82, 2.24) is 24.5 Å². The lowest BCUT2D eigenvalue weighted by Crippen LogP contribution is -2.46. The number of hydrogen-bond donors (Lipinski definition) is 1. The molecule has 1 aromatic carbocycles. The Kier molecular flexibility index (Phi) is 5.93. The van der Waals surface area contributed by atoms with E-state index >= 15 is 0 Å². The molecule has 0 bridgehead atoms. The third kappa shape index (κ3) is 4.40. The van der Waals surface area contributed by atoms with E-state index in [0.29, 0.717) is 6.04 Å². The van der Waals surface area contributed by atoms with Crippen molar-refractivity contribution in [1.29, 1.82) is 0 Å². The zero-order valence-electron chi connectivity index (χ0n) is 19.7. The van der Waals surface area contributed by atoms with Crippen molar-refractivity contribution in [3.8, 4) is 11.3 Å². The van der Waals surface area contributed by atoms with Crippen LogP contribution in [0.1, 0.15) is 36.9 Å². The molecule has 3 aromatic heterocycles. The molecule has 0 radical (unpaired) electrons. The van der Waals surface area contributed by atoms with E-state index in [1.807, 2.05) is 12.3 Å². The van der Waals surface area contributed by atoms with Crippen molar-refractivity contribution in [3.63, 3.8) is 0 Å². The maximum absolute atomic E-state index is 5.06. The number of hydrogen-bond acceptors (Lipinski definition) is 7. The summed E-state index contributed by atoms with van der Waals surface area (Å²) >= 11 is 1.70. The van der Waals surface area contributed by atoms with Crippen molar-refractivity contribution < 1.29 is 0 Å². The van der Waals surface area contributed by atoms with Gasteiger partial charge in [0.25, 0.3) is 0 Å². The Balaban J connectivity index is 1.24. The summed E-state index contributed by atoms with van der Waals surface area (Å²) in [5, 5.41) is 9.93. The molecule has 0 atom stereocenters.